The summed E-state index contributed by atoms with van der Waals surface area (Å²) in [7, 11) is 0. The van der Waals surface area contributed by atoms with E-state index in [0.29, 0.717) is 60.4 Å². The minimum absolute atomic E-state index is 0.00297. The summed E-state index contributed by atoms with van der Waals surface area (Å²) < 4.78 is 47.7. The van der Waals surface area contributed by atoms with Crippen LogP contribution in [0.15, 0.2) is 96.2 Å². The van der Waals surface area contributed by atoms with Crippen molar-refractivity contribution in [3.05, 3.63) is 124 Å². The number of nitro benzene ring substituents is 1. The third kappa shape index (κ3) is 15.8. The van der Waals surface area contributed by atoms with Crippen LogP contribution in [0.25, 0.3) is 0 Å². The lowest BCUT2D eigenvalue weighted by molar-refractivity contribution is -0.384. The van der Waals surface area contributed by atoms with Gasteiger partial charge in [-0.1, -0.05) is 113 Å². The Balaban J connectivity index is 1.45. The first kappa shape index (κ1) is 57.9. The van der Waals surface area contributed by atoms with Crippen molar-refractivity contribution in [2.75, 3.05) is 52.8 Å². The summed E-state index contributed by atoms with van der Waals surface area (Å²) in [6.45, 7) is 6.53. The highest BCUT2D eigenvalue weighted by Gasteiger charge is 2.65. The Morgan fingerprint density at radius 3 is 2.28 bits per heavy atom. The van der Waals surface area contributed by atoms with Gasteiger partial charge < -0.3 is 43.8 Å². The smallest absolute Gasteiger partial charge is 0.410 e. The Hall–Kier alpha value is -5.39. The number of ether oxygens (including phenoxy) is 5. The van der Waals surface area contributed by atoms with Gasteiger partial charge in [0.15, 0.2) is 0 Å². The van der Waals surface area contributed by atoms with Crippen molar-refractivity contribution in [3.8, 4) is 11.5 Å². The first-order valence-electron chi connectivity index (χ1n) is 27.1. The molecule has 74 heavy (non-hydrogen) atoms. The van der Waals surface area contributed by atoms with Crippen molar-refractivity contribution < 1.29 is 57.9 Å². The van der Waals surface area contributed by atoms with Gasteiger partial charge in [-0.25, -0.2) is 9.18 Å². The first-order chi connectivity index (χ1) is 36.2. The Kier molecular flexibility index (Phi) is 24.1. The standard InChI is InChI=1S/C58H80FN3O12/c1-3-5-6-7-8-9-10-11-12-19-35-70-57(66)61(30-36-69-37-33-65)54-40-52(60-73-41-43-24-26-46(27-25-43)62(67)68)49-38-44(20-15-17-31-63)48(22-16-18-32-64)55-50-39-47(71-42-45-21-13-14-23-51(45)59)28-29-53(50)74-58(54,56(49)55)72-34-4-2/h4,13-14,21,23-29,38-39,44,48,54-56,63-65H,2-3,5-12,15-20,22,30-37,40-42H2,1H3. The number of hydrogen-bond donors (Lipinski definition) is 3. The second-order valence-corrected chi connectivity index (χ2v) is 19.7. The SMILES string of the molecule is C=CCOC12Oc3ccc(OCc4ccccc4F)cc3C3C(CCCCO)C(CCCCO)C=C(C(=NOCc4ccc([N+](=O)[O-])cc4)CC1N(CCOCCO)C(=O)OCCCCCCCCCCCC)C32. The van der Waals surface area contributed by atoms with Crippen molar-refractivity contribution in [1.29, 1.82) is 0 Å². The number of benzene rings is 3. The van der Waals surface area contributed by atoms with E-state index in [0.717, 1.165) is 43.2 Å². The summed E-state index contributed by atoms with van der Waals surface area (Å²) in [5, 5.41) is 46.1. The van der Waals surface area contributed by atoms with E-state index in [2.05, 4.69) is 19.6 Å². The molecular weight excluding hydrogens is 950 g/mol. The van der Waals surface area contributed by atoms with Crippen LogP contribution in [-0.2, 0) is 32.3 Å². The summed E-state index contributed by atoms with van der Waals surface area (Å²) in [4.78, 5) is 33.7. The van der Waals surface area contributed by atoms with Crippen LogP contribution in [0.2, 0.25) is 0 Å². The highest BCUT2D eigenvalue weighted by atomic mass is 19.1. The summed E-state index contributed by atoms with van der Waals surface area (Å²) >= 11 is 0. The quantitative estimate of drug-likeness (QED) is 0.0219. The largest absolute Gasteiger partial charge is 0.489 e. The predicted molar refractivity (Wildman–Crippen MR) is 281 cm³/mol. The number of aliphatic hydroxyl groups is 3. The van der Waals surface area contributed by atoms with Crippen LogP contribution in [0.3, 0.4) is 0 Å². The molecule has 3 N–H and O–H groups in total. The molecule has 6 rings (SSSR count). The van der Waals surface area contributed by atoms with Gasteiger partial charge in [0, 0.05) is 55.4 Å². The fourth-order valence-corrected chi connectivity index (χ4v) is 10.9. The second kappa shape index (κ2) is 30.8. The van der Waals surface area contributed by atoms with Crippen molar-refractivity contribution in [2.24, 2.45) is 22.9 Å². The molecule has 3 aliphatic rings. The molecule has 0 radical (unpaired) electrons. The van der Waals surface area contributed by atoms with E-state index in [1.807, 2.05) is 12.1 Å². The molecule has 1 saturated carbocycles. The topological polar surface area (TPSA) is 192 Å². The molecule has 0 aromatic heterocycles. The van der Waals surface area contributed by atoms with Gasteiger partial charge in [-0.05, 0) is 91.5 Å². The van der Waals surface area contributed by atoms with Gasteiger partial charge in [-0.3, -0.25) is 15.0 Å². The molecule has 1 heterocycles. The number of hydrogen-bond acceptors (Lipinski definition) is 13. The van der Waals surface area contributed by atoms with Gasteiger partial charge in [0.2, 0.25) is 5.79 Å². The average Bonchev–Trinajstić information content (AvgIpc) is 3.46. The predicted octanol–water partition coefficient (Wildman–Crippen LogP) is 11.5. The van der Waals surface area contributed by atoms with E-state index in [1.165, 1.54) is 56.7 Å². The molecule has 1 aliphatic heterocycles. The fraction of sp³-hybridized carbons (Fsp3) is 0.586. The van der Waals surface area contributed by atoms with E-state index in [-0.39, 0.29) is 102 Å². The lowest BCUT2D eigenvalue weighted by atomic mass is 9.55. The number of non-ortho nitro benzene ring substituents is 1. The molecule has 6 atom stereocenters. The molecule has 406 valence electrons. The maximum Gasteiger partial charge on any atom is 0.410 e. The number of fused-ring (bicyclic) bond motifs is 2. The Bertz CT molecular complexity index is 2260. The number of nitrogens with zero attached hydrogens (tertiary/aromatic N) is 3. The van der Waals surface area contributed by atoms with Crippen molar-refractivity contribution >= 4 is 17.5 Å². The zero-order valence-corrected chi connectivity index (χ0v) is 43.4. The number of carbonyl (C=O) groups excluding carboxylic acids is 1. The van der Waals surface area contributed by atoms with E-state index < -0.39 is 28.8 Å². The normalized spacial score (nSPS) is 21.2. The highest BCUT2D eigenvalue weighted by Crippen LogP contribution is 2.62. The van der Waals surface area contributed by atoms with Crippen LogP contribution in [0.4, 0.5) is 14.9 Å². The highest BCUT2D eigenvalue weighted by molar-refractivity contribution is 6.03. The number of oxime groups is 1. The zero-order valence-electron chi connectivity index (χ0n) is 43.4. The number of amides is 1. The van der Waals surface area contributed by atoms with Gasteiger partial charge >= 0.3 is 6.09 Å². The summed E-state index contributed by atoms with van der Waals surface area (Å²) in [5.74, 6) is -2.06. The third-order valence-electron chi connectivity index (χ3n) is 14.6. The molecule has 0 spiro atoms. The minimum atomic E-state index is -1.58. The molecule has 0 saturated heterocycles. The molecule has 1 fully saturated rings. The zero-order chi connectivity index (χ0) is 52.5. The second-order valence-electron chi connectivity index (χ2n) is 19.7. The van der Waals surface area contributed by atoms with Crippen LogP contribution in [0.5, 0.6) is 11.5 Å². The van der Waals surface area contributed by atoms with Gasteiger partial charge in [-0.15, -0.1) is 6.58 Å². The molecule has 2 aliphatic carbocycles. The summed E-state index contributed by atoms with van der Waals surface area (Å²) in [6.07, 6.45) is 18.7. The number of carbonyl (C=O) groups is 1. The summed E-state index contributed by atoms with van der Waals surface area (Å²) in [6, 6.07) is 17.2. The molecular formula is C58H80FN3O12. The maximum absolute atomic E-state index is 14.9. The van der Waals surface area contributed by atoms with Gasteiger partial charge in [0.1, 0.15) is 36.6 Å². The first-order valence-corrected chi connectivity index (χ1v) is 27.1. The van der Waals surface area contributed by atoms with Gasteiger partial charge in [-0.2, -0.15) is 0 Å². The average molecular weight is 1030 g/mol. The molecule has 16 heteroatoms. The Labute approximate surface area is 436 Å². The van der Waals surface area contributed by atoms with Gasteiger partial charge in [0.05, 0.1) is 49.6 Å². The number of rotatable bonds is 35. The van der Waals surface area contributed by atoms with Gasteiger partial charge in [0.25, 0.3) is 5.69 Å². The molecule has 1 amide bonds. The van der Waals surface area contributed by atoms with Crippen LogP contribution >= 0.6 is 0 Å². The molecule has 3 aromatic rings. The fourth-order valence-electron chi connectivity index (χ4n) is 10.9. The van der Waals surface area contributed by atoms with Crippen molar-refractivity contribution in [1.82, 2.24) is 4.90 Å². The number of nitro groups is 1. The number of unbranched alkanes of at least 4 members (excludes halogenated alkanes) is 11. The molecule has 3 aromatic carbocycles. The number of allylic oxidation sites excluding steroid dienone is 1. The lowest BCUT2D eigenvalue weighted by Gasteiger charge is -2.59. The number of halogens is 1. The Morgan fingerprint density at radius 2 is 1.59 bits per heavy atom. The van der Waals surface area contributed by atoms with E-state index >= 15 is 0 Å². The van der Waals surface area contributed by atoms with Crippen LogP contribution in [0.1, 0.15) is 139 Å². The maximum atomic E-state index is 14.9. The van der Waals surface area contributed by atoms with Crippen LogP contribution in [-0.4, -0.2) is 102 Å². The lowest BCUT2D eigenvalue weighted by Crippen LogP contribution is -2.70. The van der Waals surface area contributed by atoms with E-state index in [4.69, 9.17) is 33.7 Å². The van der Waals surface area contributed by atoms with Crippen molar-refractivity contribution in [2.45, 2.75) is 147 Å². The molecule has 0 bridgehead atoms. The van der Waals surface area contributed by atoms with Crippen LogP contribution < -0.4 is 9.47 Å². The van der Waals surface area contributed by atoms with Crippen molar-refractivity contribution in [3.63, 3.8) is 0 Å². The van der Waals surface area contributed by atoms with E-state index in [1.54, 1.807) is 47.4 Å². The molecule has 15 nitrogen and oxygen atoms in total. The minimum Gasteiger partial charge on any atom is -0.489 e. The Morgan fingerprint density at radius 1 is 0.878 bits per heavy atom. The summed E-state index contributed by atoms with van der Waals surface area (Å²) in [5.41, 5.74) is 3.21. The molecule has 6 unspecified atom stereocenters. The monoisotopic (exact) mass is 1030 g/mol. The third-order valence-corrected chi connectivity index (χ3v) is 14.6. The number of aliphatic hydroxyl groups excluding tert-OH is 3. The van der Waals surface area contributed by atoms with E-state index in [9.17, 15) is 34.6 Å². The van der Waals surface area contributed by atoms with Crippen LogP contribution in [0, 0.1) is 33.7 Å².